The van der Waals surface area contributed by atoms with Crippen LogP contribution in [-0.2, 0) is 14.6 Å². The zero-order valence-electron chi connectivity index (χ0n) is 9.10. The molecule has 0 saturated carbocycles. The van der Waals surface area contributed by atoms with Gasteiger partial charge in [0.25, 0.3) is 0 Å². The van der Waals surface area contributed by atoms with Gasteiger partial charge in [-0.25, -0.2) is 8.42 Å². The van der Waals surface area contributed by atoms with Crippen LogP contribution >= 0.6 is 11.6 Å². The van der Waals surface area contributed by atoms with Gasteiger partial charge in [0.05, 0.1) is 22.4 Å². The maximum atomic E-state index is 12.1. The summed E-state index contributed by atoms with van der Waals surface area (Å²) in [6, 6.07) is 4.34. The first-order valence-electron chi connectivity index (χ1n) is 4.67. The lowest BCUT2D eigenvalue weighted by molar-refractivity contribution is 0.200. The summed E-state index contributed by atoms with van der Waals surface area (Å²) in [6.45, 7) is 1.71. The van der Waals surface area contributed by atoms with E-state index in [1.54, 1.807) is 6.92 Å². The second-order valence-corrected chi connectivity index (χ2v) is 6.26. The summed E-state index contributed by atoms with van der Waals surface area (Å²) >= 11 is 5.71. The molecule has 0 bridgehead atoms. The number of halogens is 1. The van der Waals surface area contributed by atoms with Crippen molar-refractivity contribution in [3.8, 4) is 0 Å². The molecular formula is C10H14ClNO3S. The molecule has 1 aromatic carbocycles. The monoisotopic (exact) mass is 263 g/mol. The van der Waals surface area contributed by atoms with Crippen LogP contribution in [0.2, 0.25) is 5.02 Å². The van der Waals surface area contributed by atoms with Crippen LogP contribution in [0.1, 0.15) is 6.92 Å². The first kappa shape index (κ1) is 13.3. The molecular weight excluding hydrogens is 250 g/mol. The average molecular weight is 264 g/mol. The largest absolute Gasteiger partial charge is 0.398 e. The van der Waals surface area contributed by atoms with Gasteiger partial charge in [0, 0.05) is 12.1 Å². The highest BCUT2D eigenvalue weighted by Crippen LogP contribution is 2.25. The zero-order chi connectivity index (χ0) is 12.3. The molecule has 16 heavy (non-hydrogen) atoms. The van der Waals surface area contributed by atoms with E-state index in [0.29, 0.717) is 5.02 Å². The smallest absolute Gasteiger partial charge is 0.185 e. The molecule has 0 aliphatic carbocycles. The van der Waals surface area contributed by atoms with E-state index in [1.165, 1.54) is 25.3 Å². The normalized spacial score (nSPS) is 13.7. The number of hydrogen-bond donors (Lipinski definition) is 1. The number of nitrogen functional groups attached to an aromatic ring is 1. The van der Waals surface area contributed by atoms with Crippen LogP contribution in [0.15, 0.2) is 23.1 Å². The van der Waals surface area contributed by atoms with Crippen LogP contribution in [0, 0.1) is 0 Å². The van der Waals surface area contributed by atoms with Crippen molar-refractivity contribution in [3.05, 3.63) is 23.2 Å². The molecule has 1 atom stereocenters. The predicted octanol–water partition coefficient (Wildman–Crippen LogP) is 1.73. The minimum Gasteiger partial charge on any atom is -0.398 e. The Bertz CT molecular complexity index is 473. The van der Waals surface area contributed by atoms with E-state index in [0.717, 1.165) is 0 Å². The van der Waals surface area contributed by atoms with E-state index >= 15 is 0 Å². The maximum absolute atomic E-state index is 12.1. The minimum absolute atomic E-state index is 0.0986. The zero-order valence-corrected chi connectivity index (χ0v) is 10.7. The van der Waals surface area contributed by atoms with Gasteiger partial charge in [0.2, 0.25) is 0 Å². The van der Waals surface area contributed by atoms with Crippen molar-refractivity contribution < 1.29 is 13.2 Å². The molecule has 4 nitrogen and oxygen atoms in total. The highest BCUT2D eigenvalue weighted by atomic mass is 35.5. The Balaban J connectivity index is 3.17. The summed E-state index contributed by atoms with van der Waals surface area (Å²) in [5, 5.41) is -0.225. The van der Waals surface area contributed by atoms with Crippen LogP contribution in [0.4, 0.5) is 5.69 Å². The quantitative estimate of drug-likeness (QED) is 0.840. The Morgan fingerprint density at radius 3 is 2.62 bits per heavy atom. The summed E-state index contributed by atoms with van der Waals surface area (Å²) in [7, 11) is -2.00. The van der Waals surface area contributed by atoms with Gasteiger partial charge in [0.15, 0.2) is 9.84 Å². The second kappa shape index (κ2) is 5.03. The van der Waals surface area contributed by atoms with Gasteiger partial charge in [-0.1, -0.05) is 11.6 Å². The van der Waals surface area contributed by atoms with Gasteiger partial charge >= 0.3 is 0 Å². The minimum atomic E-state index is -3.46. The molecule has 0 aliphatic heterocycles. The third kappa shape index (κ3) is 2.66. The fourth-order valence-corrected chi connectivity index (χ4v) is 2.89. The lowest BCUT2D eigenvalue weighted by Crippen LogP contribution is -2.23. The molecule has 0 heterocycles. The van der Waals surface area contributed by atoms with Crippen molar-refractivity contribution in [1.29, 1.82) is 0 Å². The predicted molar refractivity (Wildman–Crippen MR) is 64.4 cm³/mol. The SMILES string of the molecule is COCC(C)S(=O)(=O)c1ccc(Cl)cc1N. The molecule has 0 aliphatic rings. The van der Waals surface area contributed by atoms with Crippen molar-refractivity contribution >= 4 is 27.1 Å². The van der Waals surface area contributed by atoms with Gasteiger partial charge in [-0.3, -0.25) is 0 Å². The van der Waals surface area contributed by atoms with E-state index in [4.69, 9.17) is 22.1 Å². The van der Waals surface area contributed by atoms with E-state index in [1.807, 2.05) is 0 Å². The number of hydrogen-bond acceptors (Lipinski definition) is 4. The molecule has 0 aromatic heterocycles. The lowest BCUT2D eigenvalue weighted by atomic mass is 10.3. The average Bonchev–Trinajstić information content (AvgIpc) is 2.17. The van der Waals surface area contributed by atoms with Crippen molar-refractivity contribution in [2.75, 3.05) is 19.5 Å². The first-order chi connectivity index (χ1) is 7.39. The summed E-state index contributed by atoms with van der Waals surface area (Å²) in [6.07, 6.45) is 0. The molecule has 1 unspecified atom stereocenters. The molecule has 0 fully saturated rings. The van der Waals surface area contributed by atoms with E-state index < -0.39 is 15.1 Å². The van der Waals surface area contributed by atoms with Crippen LogP contribution in [0.25, 0.3) is 0 Å². The highest BCUT2D eigenvalue weighted by Gasteiger charge is 2.25. The van der Waals surface area contributed by atoms with Gasteiger partial charge < -0.3 is 10.5 Å². The standard InChI is InChI=1S/C10H14ClNO3S/c1-7(6-15-2)16(13,14)10-4-3-8(11)5-9(10)12/h3-5,7H,6,12H2,1-2H3. The number of benzene rings is 1. The Morgan fingerprint density at radius 2 is 2.12 bits per heavy atom. The summed E-state index contributed by atoms with van der Waals surface area (Å²) < 4.78 is 28.9. The van der Waals surface area contributed by atoms with Gasteiger partial charge in [0.1, 0.15) is 0 Å². The molecule has 0 amide bonds. The molecule has 0 radical (unpaired) electrons. The second-order valence-electron chi connectivity index (χ2n) is 3.49. The molecule has 1 aromatic rings. The van der Waals surface area contributed by atoms with Crippen molar-refractivity contribution in [2.45, 2.75) is 17.1 Å². The van der Waals surface area contributed by atoms with Gasteiger partial charge in [-0.15, -0.1) is 0 Å². The van der Waals surface area contributed by atoms with Crippen LogP contribution in [0.3, 0.4) is 0 Å². The number of ether oxygens (including phenoxy) is 1. The number of rotatable bonds is 4. The Kier molecular flexibility index (Phi) is 4.18. The Hall–Kier alpha value is -0.780. The van der Waals surface area contributed by atoms with Crippen molar-refractivity contribution in [1.82, 2.24) is 0 Å². The van der Waals surface area contributed by atoms with E-state index in [2.05, 4.69) is 0 Å². The lowest BCUT2D eigenvalue weighted by Gasteiger charge is -2.13. The fourth-order valence-electron chi connectivity index (χ4n) is 1.32. The van der Waals surface area contributed by atoms with E-state index in [9.17, 15) is 8.42 Å². The first-order valence-corrected chi connectivity index (χ1v) is 6.60. The molecule has 0 spiro atoms. The van der Waals surface area contributed by atoms with Crippen molar-refractivity contribution in [3.63, 3.8) is 0 Å². The van der Waals surface area contributed by atoms with Crippen LogP contribution in [0.5, 0.6) is 0 Å². The van der Waals surface area contributed by atoms with Crippen LogP contribution in [-0.4, -0.2) is 27.4 Å². The van der Waals surface area contributed by atoms with Crippen molar-refractivity contribution in [2.24, 2.45) is 0 Å². The Labute approximate surface area is 100 Å². The van der Waals surface area contributed by atoms with Gasteiger partial charge in [-0.2, -0.15) is 0 Å². The summed E-state index contributed by atoms with van der Waals surface area (Å²) in [5.74, 6) is 0. The molecule has 6 heteroatoms. The molecule has 90 valence electrons. The summed E-state index contributed by atoms with van der Waals surface area (Å²) in [4.78, 5) is 0.0986. The highest BCUT2D eigenvalue weighted by molar-refractivity contribution is 7.92. The maximum Gasteiger partial charge on any atom is 0.185 e. The summed E-state index contributed by atoms with van der Waals surface area (Å²) in [5.41, 5.74) is 5.80. The molecule has 0 saturated heterocycles. The molecule has 1 rings (SSSR count). The topological polar surface area (TPSA) is 69.4 Å². The van der Waals surface area contributed by atoms with Crippen LogP contribution < -0.4 is 5.73 Å². The molecule has 2 N–H and O–H groups in total. The fraction of sp³-hybridized carbons (Fsp3) is 0.400. The van der Waals surface area contributed by atoms with E-state index in [-0.39, 0.29) is 17.2 Å². The number of anilines is 1. The third-order valence-electron chi connectivity index (χ3n) is 2.21. The third-order valence-corrected chi connectivity index (χ3v) is 4.62. The number of nitrogens with two attached hydrogens (primary N) is 1. The van der Waals surface area contributed by atoms with Gasteiger partial charge in [-0.05, 0) is 25.1 Å². The number of sulfone groups is 1. The number of methoxy groups -OCH3 is 1. The Morgan fingerprint density at radius 1 is 1.50 bits per heavy atom.